The van der Waals surface area contributed by atoms with E-state index in [9.17, 15) is 27.6 Å². The molecule has 0 aliphatic rings. The van der Waals surface area contributed by atoms with E-state index in [1.54, 1.807) is 31.2 Å². The summed E-state index contributed by atoms with van der Waals surface area (Å²) in [7, 11) is 0. The third-order valence-corrected chi connectivity index (χ3v) is 6.29. The maximum atomic E-state index is 13.9. The molecule has 0 aromatic heterocycles. The largest absolute Gasteiger partial charge is 0.493 e. The lowest BCUT2D eigenvalue weighted by atomic mass is 10.1. The Kier molecular flexibility index (Phi) is 11.9. The Morgan fingerprint density at radius 1 is 0.814 bits per heavy atom. The van der Waals surface area contributed by atoms with Crippen LogP contribution in [-0.2, 0) is 22.1 Å². The van der Waals surface area contributed by atoms with Crippen LogP contribution in [0.3, 0.4) is 0 Å². The predicted molar refractivity (Wildman–Crippen MR) is 153 cm³/mol. The zero-order valence-corrected chi connectivity index (χ0v) is 24.0. The highest BCUT2D eigenvalue weighted by Gasteiger charge is 2.36. The Balaban J connectivity index is 1.64. The molecule has 43 heavy (non-hydrogen) atoms. The maximum absolute atomic E-state index is 13.9. The summed E-state index contributed by atoms with van der Waals surface area (Å²) in [4.78, 5) is 36.4. The van der Waals surface area contributed by atoms with Gasteiger partial charge in [-0.2, -0.15) is 13.2 Å². The third-order valence-electron chi connectivity index (χ3n) is 6.29. The van der Waals surface area contributed by atoms with Crippen molar-refractivity contribution in [1.29, 1.82) is 0 Å². The van der Waals surface area contributed by atoms with E-state index in [4.69, 9.17) is 18.9 Å². The van der Waals surface area contributed by atoms with Crippen LogP contribution in [0.4, 0.5) is 13.2 Å². The lowest BCUT2D eigenvalue weighted by Crippen LogP contribution is -2.16. The van der Waals surface area contributed by atoms with Gasteiger partial charge in [0.2, 0.25) is 0 Å². The smallest absolute Gasteiger partial charge is 0.420 e. The number of ether oxygens (including phenoxy) is 4. The van der Waals surface area contributed by atoms with Crippen molar-refractivity contribution < 1.29 is 46.5 Å². The van der Waals surface area contributed by atoms with Crippen LogP contribution in [0, 0.1) is 6.92 Å². The van der Waals surface area contributed by atoms with Gasteiger partial charge in [0.15, 0.2) is 0 Å². The fourth-order valence-corrected chi connectivity index (χ4v) is 3.95. The minimum absolute atomic E-state index is 0.0141. The molecule has 3 rings (SSSR count). The zero-order valence-electron chi connectivity index (χ0n) is 24.0. The van der Waals surface area contributed by atoms with Crippen molar-refractivity contribution in [2.75, 3.05) is 13.2 Å². The van der Waals surface area contributed by atoms with E-state index in [-0.39, 0.29) is 23.5 Å². The Morgan fingerprint density at radius 2 is 1.44 bits per heavy atom. The summed E-state index contributed by atoms with van der Waals surface area (Å²) in [6.45, 7) is 7.62. The molecule has 0 fully saturated rings. The standard InChI is InChI=1S/C33H33F3O7/c1-4-6-9-23-10-14-26(15-11-23)42-31(38)25-13-17-29(27(21-25)33(34,35)36)43-32(39)24-12-16-28(22(3)20-24)40-18-7-8-19-41-30(37)5-2/h5,10-17,20-21H,2,4,6-9,18-19H2,1,3H3. The number of benzene rings is 3. The van der Waals surface area contributed by atoms with Crippen LogP contribution >= 0.6 is 0 Å². The quantitative estimate of drug-likeness (QED) is 0.0814. The monoisotopic (exact) mass is 598 g/mol. The number of hydrogen-bond donors (Lipinski definition) is 0. The number of hydrogen-bond acceptors (Lipinski definition) is 7. The van der Waals surface area contributed by atoms with E-state index in [0.29, 0.717) is 36.8 Å². The summed E-state index contributed by atoms with van der Waals surface area (Å²) < 4.78 is 62.6. The molecule has 0 amide bonds. The van der Waals surface area contributed by atoms with Crippen molar-refractivity contribution >= 4 is 17.9 Å². The van der Waals surface area contributed by atoms with Crippen molar-refractivity contribution in [3.8, 4) is 17.2 Å². The molecule has 3 aromatic rings. The van der Waals surface area contributed by atoms with E-state index >= 15 is 0 Å². The molecule has 0 unspecified atom stereocenters. The molecule has 228 valence electrons. The van der Waals surface area contributed by atoms with Crippen molar-refractivity contribution in [1.82, 2.24) is 0 Å². The summed E-state index contributed by atoms with van der Waals surface area (Å²) in [5.74, 6) is -2.56. The molecule has 0 radical (unpaired) electrons. The van der Waals surface area contributed by atoms with Gasteiger partial charge < -0.3 is 18.9 Å². The molecule has 0 aliphatic carbocycles. The molecule has 0 aliphatic heterocycles. The van der Waals surface area contributed by atoms with Crippen LogP contribution in [0.5, 0.6) is 17.2 Å². The molecule has 10 heteroatoms. The van der Waals surface area contributed by atoms with Gasteiger partial charge in [-0.3, -0.25) is 0 Å². The van der Waals surface area contributed by atoms with E-state index < -0.39 is 35.4 Å². The molecule has 3 aromatic carbocycles. The van der Waals surface area contributed by atoms with Crippen LogP contribution < -0.4 is 14.2 Å². The highest BCUT2D eigenvalue weighted by molar-refractivity contribution is 5.93. The summed E-state index contributed by atoms with van der Waals surface area (Å²) in [6.07, 6.45) is 0.257. The first kappa shape index (κ1) is 32.9. The molecular weight excluding hydrogens is 565 g/mol. The van der Waals surface area contributed by atoms with Gasteiger partial charge in [0.1, 0.15) is 17.2 Å². The number of carbonyl (C=O) groups is 3. The molecule has 0 atom stereocenters. The zero-order chi connectivity index (χ0) is 31.4. The van der Waals surface area contributed by atoms with Crippen LogP contribution in [0.25, 0.3) is 0 Å². The lowest BCUT2D eigenvalue weighted by molar-refractivity contribution is -0.139. The predicted octanol–water partition coefficient (Wildman–Crippen LogP) is 7.68. The molecule has 0 N–H and O–H groups in total. The number of unbranched alkanes of at least 4 members (excludes halogenated alkanes) is 2. The second-order valence-electron chi connectivity index (χ2n) is 9.64. The highest BCUT2D eigenvalue weighted by Crippen LogP contribution is 2.37. The van der Waals surface area contributed by atoms with Gasteiger partial charge in [-0.15, -0.1) is 0 Å². The minimum Gasteiger partial charge on any atom is -0.493 e. The van der Waals surface area contributed by atoms with E-state index in [1.807, 2.05) is 0 Å². The molecule has 0 bridgehead atoms. The van der Waals surface area contributed by atoms with Crippen molar-refractivity contribution in [3.05, 3.63) is 101 Å². The van der Waals surface area contributed by atoms with Crippen LogP contribution in [0.15, 0.2) is 73.3 Å². The fourth-order valence-electron chi connectivity index (χ4n) is 3.95. The van der Waals surface area contributed by atoms with Gasteiger partial charge in [-0.1, -0.05) is 32.1 Å². The average molecular weight is 599 g/mol. The minimum atomic E-state index is -4.91. The third kappa shape index (κ3) is 10.0. The second kappa shape index (κ2) is 15.6. The molecule has 0 saturated carbocycles. The van der Waals surface area contributed by atoms with Crippen LogP contribution in [-0.4, -0.2) is 31.1 Å². The van der Waals surface area contributed by atoms with E-state index in [2.05, 4.69) is 13.5 Å². The second-order valence-corrected chi connectivity index (χ2v) is 9.64. The maximum Gasteiger partial charge on any atom is 0.420 e. The summed E-state index contributed by atoms with van der Waals surface area (Å²) in [6, 6.07) is 13.7. The highest BCUT2D eigenvalue weighted by atomic mass is 19.4. The SMILES string of the molecule is C=CC(=O)OCCCCOc1ccc(C(=O)Oc2ccc(C(=O)Oc3ccc(CCCC)cc3)cc2C(F)(F)F)cc1C. The van der Waals surface area contributed by atoms with Gasteiger partial charge in [-0.05, 0) is 92.3 Å². The first-order chi connectivity index (χ1) is 20.5. The van der Waals surface area contributed by atoms with Crippen LogP contribution in [0.2, 0.25) is 0 Å². The molecular formula is C33H33F3O7. The number of alkyl halides is 3. The first-order valence-electron chi connectivity index (χ1n) is 13.8. The first-order valence-corrected chi connectivity index (χ1v) is 13.8. The Hall–Kier alpha value is -4.60. The number of esters is 3. The van der Waals surface area contributed by atoms with Crippen LogP contribution in [0.1, 0.15) is 70.0 Å². The number of rotatable bonds is 14. The number of halogens is 3. The molecule has 0 heterocycles. The van der Waals surface area contributed by atoms with E-state index in [1.165, 1.54) is 18.2 Å². The fraction of sp³-hybridized carbons (Fsp3) is 0.303. The van der Waals surface area contributed by atoms with Gasteiger partial charge in [0.05, 0.1) is 29.9 Å². The van der Waals surface area contributed by atoms with Gasteiger partial charge in [0, 0.05) is 6.08 Å². The topological polar surface area (TPSA) is 88.1 Å². The summed E-state index contributed by atoms with van der Waals surface area (Å²) in [5.41, 5.74) is 0.00420. The van der Waals surface area contributed by atoms with Crippen molar-refractivity contribution in [2.45, 2.75) is 52.1 Å². The average Bonchev–Trinajstić information content (AvgIpc) is 2.98. The Labute approximate surface area is 248 Å². The Bertz CT molecular complexity index is 1430. The molecule has 7 nitrogen and oxygen atoms in total. The van der Waals surface area contributed by atoms with Crippen molar-refractivity contribution in [3.63, 3.8) is 0 Å². The van der Waals surface area contributed by atoms with Gasteiger partial charge >= 0.3 is 24.1 Å². The van der Waals surface area contributed by atoms with Crippen molar-refractivity contribution in [2.24, 2.45) is 0 Å². The Morgan fingerprint density at radius 3 is 2.07 bits per heavy atom. The number of carbonyl (C=O) groups excluding carboxylic acids is 3. The summed E-state index contributed by atoms with van der Waals surface area (Å²) in [5, 5.41) is 0. The van der Waals surface area contributed by atoms with Gasteiger partial charge in [-0.25, -0.2) is 14.4 Å². The molecule has 0 saturated heterocycles. The summed E-state index contributed by atoms with van der Waals surface area (Å²) >= 11 is 0. The van der Waals surface area contributed by atoms with E-state index in [0.717, 1.165) is 43.0 Å². The number of aryl methyl sites for hydroxylation is 2. The lowest BCUT2D eigenvalue weighted by Gasteiger charge is -2.15. The molecule has 0 spiro atoms. The van der Waals surface area contributed by atoms with Gasteiger partial charge in [0.25, 0.3) is 0 Å². The normalized spacial score (nSPS) is 11.0.